The molecular formula is C6H15ClN2. The fraction of sp³-hybridized carbons (Fsp3) is 1.00. The first-order valence-electron chi connectivity index (χ1n) is 3.30. The zero-order valence-electron chi connectivity index (χ0n) is 6.13. The smallest absolute Gasteiger partial charge is 0.0146 e. The Morgan fingerprint density at radius 3 is 2.11 bits per heavy atom. The molecule has 0 atom stereocenters. The van der Waals surface area contributed by atoms with Gasteiger partial charge in [0.05, 0.1) is 0 Å². The average Bonchev–Trinajstić information content (AvgIpc) is 1.62. The lowest BCUT2D eigenvalue weighted by molar-refractivity contribution is -0.0474. The fourth-order valence-electron chi connectivity index (χ4n) is 0.841. The van der Waals surface area contributed by atoms with Crippen molar-refractivity contribution >= 4 is 12.4 Å². The second-order valence-electron chi connectivity index (χ2n) is 2.28. The summed E-state index contributed by atoms with van der Waals surface area (Å²) in [6.45, 7) is 5.85. The summed E-state index contributed by atoms with van der Waals surface area (Å²) in [6, 6.07) is 0. The van der Waals surface area contributed by atoms with E-state index in [0.717, 1.165) is 6.54 Å². The number of hydrogen-bond acceptors (Lipinski definition) is 2. The molecule has 0 aromatic heterocycles. The van der Waals surface area contributed by atoms with Crippen LogP contribution in [0, 0.1) is 0 Å². The second kappa shape index (κ2) is 4.09. The summed E-state index contributed by atoms with van der Waals surface area (Å²) >= 11 is 0. The molecule has 1 aliphatic rings. The first-order valence-corrected chi connectivity index (χ1v) is 3.30. The minimum Gasteiger partial charge on any atom is -0.245 e. The highest BCUT2D eigenvalue weighted by atomic mass is 35.5. The van der Waals surface area contributed by atoms with E-state index < -0.39 is 0 Å². The summed E-state index contributed by atoms with van der Waals surface area (Å²) in [5.74, 6) is 0. The maximum absolute atomic E-state index is 2.36. The van der Waals surface area contributed by atoms with Crippen LogP contribution in [0.25, 0.3) is 0 Å². The molecule has 0 bridgehead atoms. The van der Waals surface area contributed by atoms with Crippen molar-refractivity contribution in [3.05, 3.63) is 0 Å². The van der Waals surface area contributed by atoms with Crippen LogP contribution in [0.3, 0.4) is 0 Å². The van der Waals surface area contributed by atoms with Crippen LogP contribution < -0.4 is 0 Å². The molecule has 0 aromatic rings. The molecule has 9 heavy (non-hydrogen) atoms. The van der Waals surface area contributed by atoms with E-state index in [4.69, 9.17) is 0 Å². The molecule has 0 amide bonds. The van der Waals surface area contributed by atoms with E-state index in [1.54, 1.807) is 0 Å². The van der Waals surface area contributed by atoms with Crippen molar-refractivity contribution in [2.75, 3.05) is 26.7 Å². The molecule has 0 N–H and O–H groups in total. The normalized spacial score (nSPS) is 19.0. The van der Waals surface area contributed by atoms with E-state index in [0.29, 0.717) is 0 Å². The predicted molar refractivity (Wildman–Crippen MR) is 41.7 cm³/mol. The third-order valence-corrected chi connectivity index (χ3v) is 1.77. The van der Waals surface area contributed by atoms with E-state index in [9.17, 15) is 0 Å². The van der Waals surface area contributed by atoms with Crippen molar-refractivity contribution in [1.29, 1.82) is 0 Å². The maximum atomic E-state index is 2.36. The minimum atomic E-state index is 0. The topological polar surface area (TPSA) is 6.48 Å². The van der Waals surface area contributed by atoms with E-state index in [-0.39, 0.29) is 12.4 Å². The Morgan fingerprint density at radius 2 is 2.00 bits per heavy atom. The van der Waals surface area contributed by atoms with Crippen LogP contribution in [0.4, 0.5) is 0 Å². The van der Waals surface area contributed by atoms with Crippen molar-refractivity contribution in [1.82, 2.24) is 10.0 Å². The summed E-state index contributed by atoms with van der Waals surface area (Å²) in [6.07, 6.45) is 1.38. The number of hydrazine groups is 1. The number of rotatable bonds is 2. The molecule has 1 fully saturated rings. The molecule has 56 valence electrons. The van der Waals surface area contributed by atoms with E-state index in [1.165, 1.54) is 19.5 Å². The third kappa shape index (κ3) is 2.12. The van der Waals surface area contributed by atoms with Crippen LogP contribution in [-0.2, 0) is 0 Å². The molecule has 0 unspecified atom stereocenters. The van der Waals surface area contributed by atoms with Crippen LogP contribution in [0.2, 0.25) is 0 Å². The highest BCUT2D eigenvalue weighted by Crippen LogP contribution is 2.06. The summed E-state index contributed by atoms with van der Waals surface area (Å²) in [5, 5.41) is 4.63. The molecule has 0 aromatic carbocycles. The molecule has 0 saturated carbocycles. The summed E-state index contributed by atoms with van der Waals surface area (Å²) in [5.41, 5.74) is 0. The van der Waals surface area contributed by atoms with Gasteiger partial charge in [0.15, 0.2) is 0 Å². The van der Waals surface area contributed by atoms with Gasteiger partial charge < -0.3 is 0 Å². The van der Waals surface area contributed by atoms with Gasteiger partial charge in [-0.3, -0.25) is 0 Å². The summed E-state index contributed by atoms with van der Waals surface area (Å²) in [7, 11) is 2.14. The van der Waals surface area contributed by atoms with E-state index in [2.05, 4.69) is 24.0 Å². The number of nitrogens with zero attached hydrogens (tertiary/aromatic N) is 2. The largest absolute Gasteiger partial charge is 0.245 e. The average molecular weight is 151 g/mol. The quantitative estimate of drug-likeness (QED) is 0.579. The Labute approximate surface area is 63.2 Å². The van der Waals surface area contributed by atoms with Gasteiger partial charge in [-0.1, -0.05) is 6.92 Å². The Morgan fingerprint density at radius 1 is 1.44 bits per heavy atom. The van der Waals surface area contributed by atoms with Gasteiger partial charge in [0.25, 0.3) is 0 Å². The SMILES string of the molecule is CCN(C)N1CCC1.Cl. The van der Waals surface area contributed by atoms with Gasteiger partial charge in [0.2, 0.25) is 0 Å². The number of hydrogen-bond donors (Lipinski definition) is 0. The zero-order valence-corrected chi connectivity index (χ0v) is 6.95. The van der Waals surface area contributed by atoms with Crippen molar-refractivity contribution in [3.8, 4) is 0 Å². The van der Waals surface area contributed by atoms with E-state index >= 15 is 0 Å². The highest BCUT2D eigenvalue weighted by molar-refractivity contribution is 5.85. The molecule has 1 saturated heterocycles. The van der Waals surface area contributed by atoms with Gasteiger partial charge >= 0.3 is 0 Å². The summed E-state index contributed by atoms with van der Waals surface area (Å²) in [4.78, 5) is 0. The third-order valence-electron chi connectivity index (χ3n) is 1.77. The van der Waals surface area contributed by atoms with Crippen molar-refractivity contribution in [3.63, 3.8) is 0 Å². The molecule has 1 rings (SSSR count). The van der Waals surface area contributed by atoms with Gasteiger partial charge in [-0.15, -0.1) is 12.4 Å². The Hall–Kier alpha value is 0.210. The van der Waals surface area contributed by atoms with Gasteiger partial charge in [-0.05, 0) is 6.42 Å². The molecule has 1 heterocycles. The van der Waals surface area contributed by atoms with Crippen LogP contribution in [0.15, 0.2) is 0 Å². The zero-order chi connectivity index (χ0) is 5.98. The van der Waals surface area contributed by atoms with Crippen LogP contribution >= 0.6 is 12.4 Å². The van der Waals surface area contributed by atoms with Gasteiger partial charge in [0, 0.05) is 26.7 Å². The van der Waals surface area contributed by atoms with Gasteiger partial charge in [0.1, 0.15) is 0 Å². The van der Waals surface area contributed by atoms with Crippen LogP contribution in [-0.4, -0.2) is 36.7 Å². The monoisotopic (exact) mass is 150 g/mol. The van der Waals surface area contributed by atoms with Crippen molar-refractivity contribution in [2.45, 2.75) is 13.3 Å². The molecule has 1 aliphatic heterocycles. The lowest BCUT2D eigenvalue weighted by atomic mass is 10.3. The van der Waals surface area contributed by atoms with Gasteiger partial charge in [-0.2, -0.15) is 0 Å². The van der Waals surface area contributed by atoms with Crippen molar-refractivity contribution in [2.24, 2.45) is 0 Å². The Kier molecular flexibility index (Phi) is 4.19. The second-order valence-corrected chi connectivity index (χ2v) is 2.28. The van der Waals surface area contributed by atoms with Crippen LogP contribution in [0.1, 0.15) is 13.3 Å². The van der Waals surface area contributed by atoms with Crippen LogP contribution in [0.5, 0.6) is 0 Å². The molecule has 3 heteroatoms. The van der Waals surface area contributed by atoms with Crippen molar-refractivity contribution < 1.29 is 0 Å². The lowest BCUT2D eigenvalue weighted by Gasteiger charge is -2.37. The molecule has 2 nitrogen and oxygen atoms in total. The number of halogens is 1. The molecule has 0 spiro atoms. The predicted octanol–water partition coefficient (Wildman–Crippen LogP) is 0.981. The van der Waals surface area contributed by atoms with E-state index in [1.807, 2.05) is 0 Å². The summed E-state index contributed by atoms with van der Waals surface area (Å²) < 4.78 is 0. The molecule has 0 radical (unpaired) electrons. The highest BCUT2D eigenvalue weighted by Gasteiger charge is 2.15. The Bertz CT molecular complexity index is 70.7. The first kappa shape index (κ1) is 9.21. The maximum Gasteiger partial charge on any atom is 0.0146 e. The molecule has 0 aliphatic carbocycles. The standard InChI is InChI=1S/C6H14N2.ClH/c1-3-7(2)8-5-4-6-8;/h3-6H2,1-2H3;1H. The molecular weight excluding hydrogens is 136 g/mol. The fourth-order valence-corrected chi connectivity index (χ4v) is 0.841. The minimum absolute atomic E-state index is 0. The van der Waals surface area contributed by atoms with Gasteiger partial charge in [-0.25, -0.2) is 10.0 Å². The lowest BCUT2D eigenvalue weighted by Crippen LogP contribution is -2.48. The first-order chi connectivity index (χ1) is 3.84. The Balaban J connectivity index is 0.000000640.